The molecule has 22 heavy (non-hydrogen) atoms. The molecule has 5 heteroatoms. The van der Waals surface area contributed by atoms with Gasteiger partial charge in [-0.15, -0.1) is 0 Å². The van der Waals surface area contributed by atoms with Crippen LogP contribution in [0.4, 0.5) is 4.39 Å². The summed E-state index contributed by atoms with van der Waals surface area (Å²) in [6.07, 6.45) is 4.92. The maximum Gasteiger partial charge on any atom is 0.264 e. The fraction of sp³-hybridized carbons (Fsp3) is 0.529. The summed E-state index contributed by atoms with van der Waals surface area (Å²) in [5, 5.41) is 7.00. The molecule has 2 atom stereocenters. The van der Waals surface area contributed by atoms with Crippen LogP contribution >= 0.6 is 0 Å². The Hall–Kier alpha value is -1.91. The third kappa shape index (κ3) is 2.49. The molecule has 3 aliphatic rings. The molecule has 0 spiro atoms. The van der Waals surface area contributed by atoms with Crippen molar-refractivity contribution in [1.82, 2.24) is 5.32 Å². The van der Waals surface area contributed by atoms with E-state index in [9.17, 15) is 9.18 Å². The summed E-state index contributed by atoms with van der Waals surface area (Å²) < 4.78 is 14.1. The molecule has 1 aliphatic heterocycles. The van der Waals surface area contributed by atoms with E-state index in [1.807, 2.05) is 6.07 Å². The number of nitrogens with one attached hydrogen (secondary N) is 1. The van der Waals surface area contributed by atoms with Crippen LogP contribution in [0.15, 0.2) is 23.4 Å². The first-order valence-electron chi connectivity index (χ1n) is 8.02. The molecule has 2 aliphatic carbocycles. The van der Waals surface area contributed by atoms with Crippen LogP contribution in [0.2, 0.25) is 0 Å². The minimum Gasteiger partial charge on any atom is -0.382 e. The number of nitrogens with zero attached hydrogens (tertiary/aromatic N) is 1. The Morgan fingerprint density at radius 2 is 2.18 bits per heavy atom. The predicted molar refractivity (Wildman–Crippen MR) is 79.9 cm³/mol. The zero-order valence-corrected chi connectivity index (χ0v) is 12.3. The van der Waals surface area contributed by atoms with Gasteiger partial charge in [0.15, 0.2) is 0 Å². The van der Waals surface area contributed by atoms with Gasteiger partial charge in [0.1, 0.15) is 5.82 Å². The first-order valence-corrected chi connectivity index (χ1v) is 8.02. The molecule has 0 bridgehead atoms. The van der Waals surface area contributed by atoms with E-state index < -0.39 is 6.10 Å². The number of carbonyl (C=O) groups excluding carboxylic acids is 1. The molecule has 4 rings (SSSR count). The third-order valence-electron chi connectivity index (χ3n) is 4.78. The van der Waals surface area contributed by atoms with Gasteiger partial charge in [0.25, 0.3) is 5.91 Å². The van der Waals surface area contributed by atoms with Crippen LogP contribution in [0.3, 0.4) is 0 Å². The first-order chi connectivity index (χ1) is 10.7. The Morgan fingerprint density at radius 3 is 3.00 bits per heavy atom. The predicted octanol–water partition coefficient (Wildman–Crippen LogP) is 2.87. The molecule has 116 valence electrons. The SMILES string of the molecule is O=C(NC1CCCc2cccc(F)c21)C1CC(C2CC2)=NO1. The summed E-state index contributed by atoms with van der Waals surface area (Å²) in [6.45, 7) is 0. The standard InChI is InChI=1S/C17H19FN2O2/c18-12-5-1-3-11-4-2-6-13(16(11)12)19-17(21)15-9-14(20-22-15)10-7-8-10/h1,3,5,10,13,15H,2,4,6-9H2,(H,19,21). The maximum absolute atomic E-state index is 14.1. The van der Waals surface area contributed by atoms with Crippen LogP contribution < -0.4 is 5.32 Å². The largest absolute Gasteiger partial charge is 0.382 e. The normalized spacial score (nSPS) is 26.9. The number of rotatable bonds is 3. The highest BCUT2D eigenvalue weighted by Gasteiger charge is 2.37. The van der Waals surface area contributed by atoms with Crippen molar-refractivity contribution >= 4 is 11.6 Å². The van der Waals surface area contributed by atoms with Crippen molar-refractivity contribution in [2.24, 2.45) is 11.1 Å². The highest BCUT2D eigenvalue weighted by Crippen LogP contribution is 2.35. The maximum atomic E-state index is 14.1. The van der Waals surface area contributed by atoms with E-state index >= 15 is 0 Å². The number of carbonyl (C=O) groups is 1. The second-order valence-corrected chi connectivity index (χ2v) is 6.42. The average molecular weight is 302 g/mol. The van der Waals surface area contributed by atoms with Crippen LogP contribution in [-0.2, 0) is 16.1 Å². The van der Waals surface area contributed by atoms with Crippen molar-refractivity contribution < 1.29 is 14.0 Å². The average Bonchev–Trinajstić information content (AvgIpc) is 3.25. The van der Waals surface area contributed by atoms with Gasteiger partial charge in [0.05, 0.1) is 11.8 Å². The number of aryl methyl sites for hydroxylation is 1. The van der Waals surface area contributed by atoms with Gasteiger partial charge < -0.3 is 10.2 Å². The number of hydrogen-bond acceptors (Lipinski definition) is 3. The number of benzene rings is 1. The molecule has 1 aromatic carbocycles. The molecule has 1 amide bonds. The van der Waals surface area contributed by atoms with E-state index in [2.05, 4.69) is 10.5 Å². The summed E-state index contributed by atoms with van der Waals surface area (Å²) in [7, 11) is 0. The number of oxime groups is 1. The third-order valence-corrected chi connectivity index (χ3v) is 4.78. The van der Waals surface area contributed by atoms with Crippen LogP contribution in [0, 0.1) is 11.7 Å². The summed E-state index contributed by atoms with van der Waals surface area (Å²) in [5.41, 5.74) is 2.65. The van der Waals surface area contributed by atoms with Crippen LogP contribution in [0.1, 0.15) is 49.3 Å². The van der Waals surface area contributed by atoms with Gasteiger partial charge >= 0.3 is 0 Å². The lowest BCUT2D eigenvalue weighted by molar-refractivity contribution is -0.132. The van der Waals surface area contributed by atoms with E-state index in [0.29, 0.717) is 17.9 Å². The van der Waals surface area contributed by atoms with Crippen molar-refractivity contribution in [2.75, 3.05) is 0 Å². The number of halogens is 1. The number of hydrogen-bond donors (Lipinski definition) is 1. The molecule has 1 N–H and O–H groups in total. The van der Waals surface area contributed by atoms with E-state index in [4.69, 9.17) is 4.84 Å². The Bertz CT molecular complexity index is 640. The molecule has 1 saturated carbocycles. The van der Waals surface area contributed by atoms with E-state index in [0.717, 1.165) is 43.4 Å². The molecule has 0 aromatic heterocycles. The Morgan fingerprint density at radius 1 is 1.32 bits per heavy atom. The Labute approximate surface area is 128 Å². The fourth-order valence-electron chi connectivity index (χ4n) is 3.43. The van der Waals surface area contributed by atoms with Gasteiger partial charge in [0.2, 0.25) is 6.10 Å². The smallest absolute Gasteiger partial charge is 0.264 e. The molecule has 1 aromatic rings. The molecule has 0 saturated heterocycles. The zero-order chi connectivity index (χ0) is 15.1. The van der Waals surface area contributed by atoms with Crippen molar-refractivity contribution in [2.45, 2.75) is 50.7 Å². The second kappa shape index (κ2) is 5.38. The molecule has 2 unspecified atom stereocenters. The van der Waals surface area contributed by atoms with E-state index in [-0.39, 0.29) is 17.8 Å². The fourth-order valence-corrected chi connectivity index (χ4v) is 3.43. The van der Waals surface area contributed by atoms with Crippen LogP contribution in [0.25, 0.3) is 0 Å². The lowest BCUT2D eigenvalue weighted by atomic mass is 9.87. The topological polar surface area (TPSA) is 50.7 Å². The molecular formula is C17H19FN2O2. The lowest BCUT2D eigenvalue weighted by Crippen LogP contribution is -2.39. The minimum absolute atomic E-state index is 0.180. The zero-order valence-electron chi connectivity index (χ0n) is 12.3. The summed E-state index contributed by atoms with van der Waals surface area (Å²) in [6, 6.07) is 4.88. The number of fused-ring (bicyclic) bond motifs is 1. The first kappa shape index (κ1) is 13.7. The highest BCUT2D eigenvalue weighted by molar-refractivity contribution is 5.95. The minimum atomic E-state index is -0.548. The van der Waals surface area contributed by atoms with Gasteiger partial charge in [-0.05, 0) is 43.7 Å². The molecule has 0 radical (unpaired) electrons. The summed E-state index contributed by atoms with van der Waals surface area (Å²) in [4.78, 5) is 17.7. The Kier molecular flexibility index (Phi) is 3.36. The highest BCUT2D eigenvalue weighted by atomic mass is 19.1. The van der Waals surface area contributed by atoms with Gasteiger partial charge in [-0.2, -0.15) is 0 Å². The molecular weight excluding hydrogens is 283 g/mol. The summed E-state index contributed by atoms with van der Waals surface area (Å²) in [5.74, 6) is 0.107. The van der Waals surface area contributed by atoms with Crippen LogP contribution in [-0.4, -0.2) is 17.7 Å². The van der Waals surface area contributed by atoms with Gasteiger partial charge in [0, 0.05) is 17.9 Å². The van der Waals surface area contributed by atoms with Crippen LogP contribution in [0.5, 0.6) is 0 Å². The number of amides is 1. The van der Waals surface area contributed by atoms with Crippen molar-refractivity contribution in [3.8, 4) is 0 Å². The second-order valence-electron chi connectivity index (χ2n) is 6.42. The molecule has 1 fully saturated rings. The lowest BCUT2D eigenvalue weighted by Gasteiger charge is -2.27. The quantitative estimate of drug-likeness (QED) is 0.933. The van der Waals surface area contributed by atoms with E-state index in [1.54, 1.807) is 6.07 Å². The molecule has 4 nitrogen and oxygen atoms in total. The molecule has 1 heterocycles. The van der Waals surface area contributed by atoms with E-state index in [1.165, 1.54) is 6.07 Å². The Balaban J connectivity index is 1.45. The van der Waals surface area contributed by atoms with Gasteiger partial charge in [-0.1, -0.05) is 17.3 Å². The van der Waals surface area contributed by atoms with Gasteiger partial charge in [-0.3, -0.25) is 4.79 Å². The van der Waals surface area contributed by atoms with Crippen molar-refractivity contribution in [3.05, 3.63) is 35.1 Å². The monoisotopic (exact) mass is 302 g/mol. The van der Waals surface area contributed by atoms with Crippen molar-refractivity contribution in [1.29, 1.82) is 0 Å². The van der Waals surface area contributed by atoms with Gasteiger partial charge in [-0.25, -0.2) is 4.39 Å². The van der Waals surface area contributed by atoms with Crippen molar-refractivity contribution in [3.63, 3.8) is 0 Å². The summed E-state index contributed by atoms with van der Waals surface area (Å²) >= 11 is 0.